The summed E-state index contributed by atoms with van der Waals surface area (Å²) in [6, 6.07) is 8.16. The summed E-state index contributed by atoms with van der Waals surface area (Å²) in [6.45, 7) is 4.26. The lowest BCUT2D eigenvalue weighted by Gasteiger charge is -2.37. The smallest absolute Gasteiger partial charge is 0.223 e. The average molecular weight is 475 g/mol. The van der Waals surface area contributed by atoms with Crippen LogP contribution < -0.4 is 15.0 Å². The van der Waals surface area contributed by atoms with E-state index in [2.05, 4.69) is 32.2 Å². The first-order chi connectivity index (χ1) is 12.0. The monoisotopic (exact) mass is 475 g/mol. The molecule has 2 rings (SSSR count). The van der Waals surface area contributed by atoms with E-state index in [-0.39, 0.29) is 29.9 Å². The van der Waals surface area contributed by atoms with Crippen LogP contribution in [0.25, 0.3) is 0 Å². The lowest BCUT2D eigenvalue weighted by atomic mass is 10.2. The third-order valence-corrected chi connectivity index (χ3v) is 4.35. The molecule has 1 heterocycles. The summed E-state index contributed by atoms with van der Waals surface area (Å²) < 4.78 is 5.21. The van der Waals surface area contributed by atoms with E-state index in [1.807, 2.05) is 12.1 Å². The predicted molar refractivity (Wildman–Crippen MR) is 117 cm³/mol. The van der Waals surface area contributed by atoms with Gasteiger partial charge in [-0.2, -0.15) is 0 Å². The second kappa shape index (κ2) is 11.1. The number of ether oxygens (including phenoxy) is 1. The molecule has 1 saturated heterocycles. The van der Waals surface area contributed by atoms with Crippen molar-refractivity contribution in [3.63, 3.8) is 0 Å². The number of piperazine rings is 1. The highest BCUT2D eigenvalue weighted by molar-refractivity contribution is 14.0. The zero-order chi connectivity index (χ0) is 18.2. The van der Waals surface area contributed by atoms with Gasteiger partial charge in [-0.05, 0) is 24.3 Å². The Morgan fingerprint density at radius 1 is 1.19 bits per heavy atom. The lowest BCUT2D eigenvalue weighted by molar-refractivity contribution is -0.128. The number of rotatable bonds is 5. The Morgan fingerprint density at radius 2 is 1.81 bits per heavy atom. The topological polar surface area (TPSA) is 60.4 Å². The van der Waals surface area contributed by atoms with E-state index in [0.29, 0.717) is 13.0 Å². The molecule has 1 aliphatic rings. The van der Waals surface area contributed by atoms with E-state index in [1.54, 1.807) is 33.2 Å². The van der Waals surface area contributed by atoms with Gasteiger partial charge in [-0.1, -0.05) is 0 Å². The minimum Gasteiger partial charge on any atom is -0.497 e. The van der Waals surface area contributed by atoms with Gasteiger partial charge in [-0.15, -0.1) is 24.0 Å². The molecule has 1 aliphatic heterocycles. The van der Waals surface area contributed by atoms with Gasteiger partial charge in [0.25, 0.3) is 0 Å². The predicted octanol–water partition coefficient (Wildman–Crippen LogP) is 1.49. The molecule has 0 saturated carbocycles. The normalized spacial score (nSPS) is 14.5. The number of guanidine groups is 1. The summed E-state index contributed by atoms with van der Waals surface area (Å²) in [7, 11) is 7.01. The molecule has 8 heteroatoms. The fraction of sp³-hybridized carbons (Fsp3) is 0.556. The van der Waals surface area contributed by atoms with Crippen molar-refractivity contribution in [3.05, 3.63) is 24.3 Å². The highest BCUT2D eigenvalue weighted by atomic mass is 127. The number of carbonyl (C=O) groups excluding carboxylic acids is 1. The number of hydrogen-bond acceptors (Lipinski definition) is 4. The molecule has 7 nitrogen and oxygen atoms in total. The molecule has 1 aromatic rings. The van der Waals surface area contributed by atoms with Crippen molar-refractivity contribution in [2.45, 2.75) is 6.42 Å². The van der Waals surface area contributed by atoms with Crippen LogP contribution in [0.2, 0.25) is 0 Å². The van der Waals surface area contributed by atoms with Crippen LogP contribution in [-0.2, 0) is 4.79 Å². The quantitative estimate of drug-likeness (QED) is 0.398. The van der Waals surface area contributed by atoms with Gasteiger partial charge in [0, 0.05) is 66.0 Å². The first-order valence-electron chi connectivity index (χ1n) is 8.60. The summed E-state index contributed by atoms with van der Waals surface area (Å²) in [5.41, 5.74) is 1.21. The Bertz CT molecular complexity index is 584. The van der Waals surface area contributed by atoms with Crippen LogP contribution in [0.15, 0.2) is 29.3 Å². The molecule has 1 amide bonds. The van der Waals surface area contributed by atoms with E-state index in [4.69, 9.17) is 4.74 Å². The zero-order valence-electron chi connectivity index (χ0n) is 16.1. The summed E-state index contributed by atoms with van der Waals surface area (Å²) in [6.07, 6.45) is 0.470. The minimum absolute atomic E-state index is 0. The molecule has 0 aromatic heterocycles. The van der Waals surface area contributed by atoms with Gasteiger partial charge in [0.2, 0.25) is 5.91 Å². The molecular weight excluding hydrogens is 445 g/mol. The molecule has 0 atom stereocenters. The maximum atomic E-state index is 11.7. The second-order valence-corrected chi connectivity index (χ2v) is 6.18. The molecular formula is C18H30IN5O2. The van der Waals surface area contributed by atoms with Crippen molar-refractivity contribution in [2.75, 3.05) is 65.9 Å². The van der Waals surface area contributed by atoms with Crippen LogP contribution in [0, 0.1) is 0 Å². The van der Waals surface area contributed by atoms with Crippen molar-refractivity contribution in [1.29, 1.82) is 0 Å². The zero-order valence-corrected chi connectivity index (χ0v) is 18.4. The van der Waals surface area contributed by atoms with E-state index < -0.39 is 0 Å². The van der Waals surface area contributed by atoms with Crippen LogP contribution >= 0.6 is 24.0 Å². The Labute approximate surface area is 173 Å². The highest BCUT2D eigenvalue weighted by Gasteiger charge is 2.20. The van der Waals surface area contributed by atoms with E-state index in [0.717, 1.165) is 37.9 Å². The van der Waals surface area contributed by atoms with E-state index in [1.165, 1.54) is 5.69 Å². The standard InChI is InChI=1S/C18H29N5O2.HI/c1-19-18(20-10-9-17(24)21(2)3)23-13-11-22(12-14-23)15-5-7-16(25-4)8-6-15;/h5-8H,9-14H2,1-4H3,(H,19,20);1H. The van der Waals surface area contributed by atoms with Crippen LogP contribution in [0.1, 0.15) is 6.42 Å². The highest BCUT2D eigenvalue weighted by Crippen LogP contribution is 2.20. The summed E-state index contributed by atoms with van der Waals surface area (Å²) in [5.74, 6) is 1.85. The Hall–Kier alpha value is -1.71. The van der Waals surface area contributed by atoms with Gasteiger partial charge in [0.05, 0.1) is 7.11 Å². The molecule has 1 fully saturated rings. The molecule has 0 bridgehead atoms. The Morgan fingerprint density at radius 3 is 2.31 bits per heavy atom. The average Bonchev–Trinajstić information content (AvgIpc) is 2.65. The van der Waals surface area contributed by atoms with Crippen molar-refractivity contribution < 1.29 is 9.53 Å². The number of nitrogens with zero attached hydrogens (tertiary/aromatic N) is 4. The number of anilines is 1. The fourth-order valence-electron chi connectivity index (χ4n) is 2.81. The first-order valence-corrected chi connectivity index (χ1v) is 8.60. The van der Waals surface area contributed by atoms with Crippen LogP contribution in [0.3, 0.4) is 0 Å². The van der Waals surface area contributed by atoms with Crippen LogP contribution in [0.4, 0.5) is 5.69 Å². The largest absolute Gasteiger partial charge is 0.497 e. The molecule has 1 aromatic carbocycles. The van der Waals surface area contributed by atoms with Gasteiger partial charge in [-0.25, -0.2) is 0 Å². The molecule has 0 spiro atoms. The minimum atomic E-state index is 0. The van der Waals surface area contributed by atoms with Crippen LogP contribution in [0.5, 0.6) is 5.75 Å². The molecule has 0 radical (unpaired) electrons. The lowest BCUT2D eigenvalue weighted by Crippen LogP contribution is -2.52. The maximum absolute atomic E-state index is 11.7. The van der Waals surface area contributed by atoms with Gasteiger partial charge < -0.3 is 24.8 Å². The number of hydrogen-bond donors (Lipinski definition) is 1. The van der Waals surface area contributed by atoms with Gasteiger partial charge in [0.15, 0.2) is 5.96 Å². The third-order valence-electron chi connectivity index (χ3n) is 4.35. The molecule has 146 valence electrons. The van der Waals surface area contributed by atoms with Gasteiger partial charge >= 0.3 is 0 Å². The number of carbonyl (C=O) groups is 1. The maximum Gasteiger partial charge on any atom is 0.223 e. The number of halogens is 1. The van der Waals surface area contributed by atoms with Gasteiger partial charge in [0.1, 0.15) is 5.75 Å². The number of benzene rings is 1. The van der Waals surface area contributed by atoms with Crippen LogP contribution in [-0.4, -0.2) is 82.6 Å². The number of methoxy groups -OCH3 is 1. The van der Waals surface area contributed by atoms with E-state index in [9.17, 15) is 4.79 Å². The molecule has 0 unspecified atom stereocenters. The first kappa shape index (κ1) is 22.3. The van der Waals surface area contributed by atoms with Crippen molar-refractivity contribution in [1.82, 2.24) is 15.1 Å². The Kier molecular flexibility index (Phi) is 9.53. The Balaban J connectivity index is 0.00000338. The number of aliphatic imine (C=N–C) groups is 1. The van der Waals surface area contributed by atoms with Crippen molar-refractivity contribution >= 4 is 41.5 Å². The number of amides is 1. The molecule has 26 heavy (non-hydrogen) atoms. The third kappa shape index (κ3) is 6.22. The summed E-state index contributed by atoms with van der Waals surface area (Å²) >= 11 is 0. The summed E-state index contributed by atoms with van der Waals surface area (Å²) in [4.78, 5) is 22.2. The number of nitrogens with one attached hydrogen (secondary N) is 1. The van der Waals surface area contributed by atoms with Crippen molar-refractivity contribution in [3.8, 4) is 5.75 Å². The second-order valence-electron chi connectivity index (χ2n) is 6.18. The fourth-order valence-corrected chi connectivity index (χ4v) is 2.81. The molecule has 1 N–H and O–H groups in total. The van der Waals surface area contributed by atoms with Gasteiger partial charge in [-0.3, -0.25) is 9.79 Å². The summed E-state index contributed by atoms with van der Waals surface area (Å²) in [5, 5.41) is 3.29. The molecule has 0 aliphatic carbocycles. The van der Waals surface area contributed by atoms with E-state index >= 15 is 0 Å². The van der Waals surface area contributed by atoms with Crippen molar-refractivity contribution in [2.24, 2.45) is 4.99 Å². The SMILES string of the molecule is CN=C(NCCC(=O)N(C)C)N1CCN(c2ccc(OC)cc2)CC1.I.